The first-order valence-corrected chi connectivity index (χ1v) is 21.8. The van der Waals surface area contributed by atoms with E-state index in [2.05, 4.69) is 236 Å². The number of aromatic amines is 1. The molecule has 0 spiro atoms. The Morgan fingerprint density at radius 1 is 0.222 bits per heavy atom. The SMILES string of the molecule is c1ccc(-c2c3c(c(-c4ccccc4)c4cc(-c5ccc(-c6ccc7c(-c8ccccc8)c8ccccc8c(-c8ccccc8)c7c6)[nH]5)ccc24)-c2cccc4cccc-3c24)cc1. The molecule has 1 nitrogen and oxygen atoms in total. The van der Waals surface area contributed by atoms with E-state index >= 15 is 0 Å². The Labute approximate surface area is 366 Å². The summed E-state index contributed by atoms with van der Waals surface area (Å²) in [5, 5.41) is 10.1. The number of fused-ring (bicyclic) bond motifs is 6. The summed E-state index contributed by atoms with van der Waals surface area (Å²) in [5.74, 6) is 0. The summed E-state index contributed by atoms with van der Waals surface area (Å²) in [4.78, 5) is 3.91. The summed E-state index contributed by atoms with van der Waals surface area (Å²) in [7, 11) is 0. The molecule has 1 heterocycles. The van der Waals surface area contributed by atoms with Crippen LogP contribution >= 0.6 is 0 Å². The van der Waals surface area contributed by atoms with Gasteiger partial charge in [-0.1, -0.05) is 206 Å². The van der Waals surface area contributed by atoms with Crippen LogP contribution in [0.5, 0.6) is 0 Å². The van der Waals surface area contributed by atoms with Gasteiger partial charge in [-0.15, -0.1) is 0 Å². The molecule has 0 radical (unpaired) electrons. The molecule has 0 bridgehead atoms. The number of rotatable bonds is 6. The van der Waals surface area contributed by atoms with Crippen molar-refractivity contribution in [2.45, 2.75) is 0 Å². The third kappa shape index (κ3) is 5.50. The van der Waals surface area contributed by atoms with Crippen LogP contribution < -0.4 is 0 Å². The van der Waals surface area contributed by atoms with Crippen LogP contribution in [-0.2, 0) is 0 Å². The van der Waals surface area contributed by atoms with Crippen molar-refractivity contribution >= 4 is 43.1 Å². The predicted octanol–water partition coefficient (Wildman–Crippen LogP) is 17.3. The Morgan fingerprint density at radius 2 is 0.587 bits per heavy atom. The normalized spacial score (nSPS) is 11.8. The van der Waals surface area contributed by atoms with Gasteiger partial charge in [-0.3, -0.25) is 0 Å². The van der Waals surface area contributed by atoms with E-state index in [0.29, 0.717) is 0 Å². The van der Waals surface area contributed by atoms with E-state index in [1.165, 1.54) is 110 Å². The molecule has 0 saturated heterocycles. The third-order valence-corrected chi connectivity index (χ3v) is 13.3. The average Bonchev–Trinajstić information content (AvgIpc) is 3.98. The van der Waals surface area contributed by atoms with Crippen LogP contribution in [0.25, 0.3) is 132 Å². The standard InChI is InChI=1S/C62H39N/c1-5-17-39(18-6-1)56-46-27-13-14-28-47(46)57(40-19-7-2-8-20-40)52-37-44(31-33-48(52)56)54-35-36-55(63-54)45-32-34-49-53(38-45)60(43-23-11-4-12-24-43)62-51-30-16-26-41-25-15-29-50(58(41)51)61(62)59(49)42-21-9-3-10-22-42/h1-38,63H. The molecule has 12 aromatic rings. The van der Waals surface area contributed by atoms with Crippen LogP contribution in [-0.4, -0.2) is 4.98 Å². The molecule has 1 aliphatic rings. The largest absolute Gasteiger partial charge is 0.355 e. The lowest BCUT2D eigenvalue weighted by Gasteiger charge is -2.21. The zero-order chi connectivity index (χ0) is 41.4. The Kier molecular flexibility index (Phi) is 7.98. The van der Waals surface area contributed by atoms with Crippen molar-refractivity contribution in [3.63, 3.8) is 0 Å². The minimum absolute atomic E-state index is 1.09. The molecular weight excluding hydrogens is 759 g/mol. The van der Waals surface area contributed by atoms with Crippen LogP contribution in [0.4, 0.5) is 0 Å². The highest BCUT2D eigenvalue weighted by atomic mass is 14.7. The third-order valence-electron chi connectivity index (χ3n) is 13.3. The molecule has 292 valence electrons. The predicted molar refractivity (Wildman–Crippen MR) is 268 cm³/mol. The number of nitrogens with one attached hydrogen (secondary N) is 1. The van der Waals surface area contributed by atoms with E-state index in [1.807, 2.05) is 0 Å². The van der Waals surface area contributed by atoms with Gasteiger partial charge in [0.2, 0.25) is 0 Å². The summed E-state index contributed by atoms with van der Waals surface area (Å²) in [6, 6.07) is 84.8. The van der Waals surface area contributed by atoms with E-state index in [-0.39, 0.29) is 0 Å². The van der Waals surface area contributed by atoms with E-state index in [0.717, 1.165) is 22.5 Å². The van der Waals surface area contributed by atoms with Crippen molar-refractivity contribution in [2.75, 3.05) is 0 Å². The topological polar surface area (TPSA) is 15.8 Å². The Morgan fingerprint density at radius 3 is 1.06 bits per heavy atom. The van der Waals surface area contributed by atoms with Crippen molar-refractivity contribution in [1.29, 1.82) is 0 Å². The first-order chi connectivity index (χ1) is 31.3. The zero-order valence-electron chi connectivity index (χ0n) is 34.4. The van der Waals surface area contributed by atoms with Crippen LogP contribution in [0.3, 0.4) is 0 Å². The van der Waals surface area contributed by atoms with Gasteiger partial charge in [-0.2, -0.15) is 0 Å². The molecule has 0 fully saturated rings. The fraction of sp³-hybridized carbons (Fsp3) is 0. The second kappa shape index (κ2) is 14.2. The molecule has 0 unspecified atom stereocenters. The van der Waals surface area contributed by atoms with Crippen molar-refractivity contribution in [1.82, 2.24) is 4.98 Å². The minimum atomic E-state index is 1.09. The first-order valence-electron chi connectivity index (χ1n) is 21.8. The highest BCUT2D eigenvalue weighted by molar-refractivity contribution is 6.28. The van der Waals surface area contributed by atoms with Gasteiger partial charge in [0.15, 0.2) is 0 Å². The fourth-order valence-electron chi connectivity index (χ4n) is 10.7. The molecule has 1 aromatic heterocycles. The quantitative estimate of drug-likeness (QED) is 0.161. The monoisotopic (exact) mass is 797 g/mol. The Balaban J connectivity index is 1.03. The second-order valence-electron chi connectivity index (χ2n) is 16.8. The lowest BCUT2D eigenvalue weighted by molar-refractivity contribution is 1.40. The van der Waals surface area contributed by atoms with Crippen LogP contribution in [0.1, 0.15) is 0 Å². The highest BCUT2D eigenvalue weighted by Crippen LogP contribution is 2.58. The molecule has 11 aromatic carbocycles. The molecule has 0 aliphatic heterocycles. The summed E-state index contributed by atoms with van der Waals surface area (Å²) < 4.78 is 0. The molecule has 13 rings (SSSR count). The lowest BCUT2D eigenvalue weighted by atomic mass is 9.82. The Hall–Kier alpha value is -8.26. The van der Waals surface area contributed by atoms with Gasteiger partial charge in [0.05, 0.1) is 0 Å². The number of hydrogen-bond donors (Lipinski definition) is 1. The van der Waals surface area contributed by atoms with Crippen LogP contribution in [0.2, 0.25) is 0 Å². The van der Waals surface area contributed by atoms with Crippen molar-refractivity contribution in [2.24, 2.45) is 0 Å². The lowest BCUT2D eigenvalue weighted by Crippen LogP contribution is -1.94. The smallest absolute Gasteiger partial charge is 0.0458 e. The van der Waals surface area contributed by atoms with E-state index in [4.69, 9.17) is 0 Å². The number of aromatic nitrogens is 1. The van der Waals surface area contributed by atoms with E-state index in [1.54, 1.807) is 0 Å². The van der Waals surface area contributed by atoms with Gasteiger partial charge in [-0.05, 0) is 145 Å². The van der Waals surface area contributed by atoms with Crippen molar-refractivity contribution < 1.29 is 0 Å². The van der Waals surface area contributed by atoms with Gasteiger partial charge < -0.3 is 4.98 Å². The van der Waals surface area contributed by atoms with Crippen molar-refractivity contribution in [3.05, 3.63) is 231 Å². The van der Waals surface area contributed by atoms with Crippen molar-refractivity contribution in [3.8, 4) is 89.3 Å². The molecule has 0 amide bonds. The molecule has 0 atom stereocenters. The molecule has 0 saturated carbocycles. The molecule has 1 heteroatoms. The minimum Gasteiger partial charge on any atom is -0.355 e. The zero-order valence-corrected chi connectivity index (χ0v) is 34.4. The highest BCUT2D eigenvalue weighted by Gasteiger charge is 2.30. The molecular formula is C62H39N. The molecule has 1 N–H and O–H groups in total. The van der Waals surface area contributed by atoms with Gasteiger partial charge in [0, 0.05) is 11.4 Å². The summed E-state index contributed by atoms with van der Waals surface area (Å²) in [6.07, 6.45) is 0. The fourth-order valence-corrected chi connectivity index (χ4v) is 10.7. The van der Waals surface area contributed by atoms with Gasteiger partial charge in [-0.25, -0.2) is 0 Å². The average molecular weight is 798 g/mol. The number of hydrogen-bond acceptors (Lipinski definition) is 0. The summed E-state index contributed by atoms with van der Waals surface area (Å²) in [5.41, 5.74) is 19.7. The Bertz CT molecular complexity index is 3740. The molecule has 63 heavy (non-hydrogen) atoms. The second-order valence-corrected chi connectivity index (χ2v) is 16.8. The van der Waals surface area contributed by atoms with Crippen LogP contribution in [0, 0.1) is 0 Å². The van der Waals surface area contributed by atoms with Gasteiger partial charge in [0.1, 0.15) is 0 Å². The van der Waals surface area contributed by atoms with E-state index in [9.17, 15) is 0 Å². The number of H-pyrrole nitrogens is 1. The first kappa shape index (κ1) is 35.5. The van der Waals surface area contributed by atoms with Crippen LogP contribution in [0.15, 0.2) is 231 Å². The van der Waals surface area contributed by atoms with E-state index < -0.39 is 0 Å². The number of benzene rings is 11. The maximum atomic E-state index is 3.91. The maximum absolute atomic E-state index is 3.91. The van der Waals surface area contributed by atoms with Gasteiger partial charge in [0.25, 0.3) is 0 Å². The summed E-state index contributed by atoms with van der Waals surface area (Å²) in [6.45, 7) is 0. The van der Waals surface area contributed by atoms with Gasteiger partial charge >= 0.3 is 0 Å². The molecule has 1 aliphatic carbocycles. The maximum Gasteiger partial charge on any atom is 0.0458 e. The summed E-state index contributed by atoms with van der Waals surface area (Å²) >= 11 is 0.